The van der Waals surface area contributed by atoms with E-state index in [2.05, 4.69) is 10.0 Å². The second-order valence-corrected chi connectivity index (χ2v) is 9.95. The standard InChI is InChI=1S/C17H25ClN2O2S.ClH/c1-12-4-5-13(2)15(10-12)14(3)20-23(21,22)17(18)11-16(17)6-8-19-9-7-16;/h4-5,10,14,19-20H,6-9,11H2,1-3H3;1H. The largest absolute Gasteiger partial charge is 0.317 e. The molecule has 1 saturated heterocycles. The fraction of sp³-hybridized carbons (Fsp3) is 0.647. The van der Waals surface area contributed by atoms with Crippen molar-refractivity contribution in [1.82, 2.24) is 10.0 Å². The van der Waals surface area contributed by atoms with Gasteiger partial charge in [0, 0.05) is 11.5 Å². The Labute approximate surface area is 156 Å². The molecule has 1 aliphatic heterocycles. The third-order valence-electron chi connectivity index (χ3n) is 5.45. The van der Waals surface area contributed by atoms with Crippen LogP contribution < -0.4 is 10.0 Å². The van der Waals surface area contributed by atoms with Crippen LogP contribution in [0.4, 0.5) is 0 Å². The number of benzene rings is 1. The quantitative estimate of drug-likeness (QED) is 0.771. The molecule has 2 N–H and O–H groups in total. The van der Waals surface area contributed by atoms with E-state index in [4.69, 9.17) is 11.6 Å². The molecular weight excluding hydrogens is 367 g/mol. The van der Waals surface area contributed by atoms with Gasteiger partial charge in [0.05, 0.1) is 0 Å². The number of hydrogen-bond acceptors (Lipinski definition) is 3. The van der Waals surface area contributed by atoms with Gasteiger partial charge in [0.25, 0.3) is 0 Å². The topological polar surface area (TPSA) is 58.2 Å². The van der Waals surface area contributed by atoms with Gasteiger partial charge in [-0.1, -0.05) is 35.4 Å². The molecule has 3 rings (SSSR count). The molecule has 0 bridgehead atoms. The normalized spacial score (nSPS) is 26.7. The molecule has 1 aliphatic carbocycles. The summed E-state index contributed by atoms with van der Waals surface area (Å²) < 4.78 is 27.5. The van der Waals surface area contributed by atoms with E-state index in [1.165, 1.54) is 0 Å². The van der Waals surface area contributed by atoms with Gasteiger partial charge in [-0.15, -0.1) is 12.4 Å². The lowest BCUT2D eigenvalue weighted by atomic mass is 9.95. The molecule has 24 heavy (non-hydrogen) atoms. The van der Waals surface area contributed by atoms with Crippen molar-refractivity contribution in [1.29, 1.82) is 0 Å². The first-order valence-electron chi connectivity index (χ1n) is 8.19. The second kappa shape index (κ2) is 6.76. The van der Waals surface area contributed by atoms with Crippen LogP contribution in [0.2, 0.25) is 0 Å². The van der Waals surface area contributed by atoms with E-state index >= 15 is 0 Å². The lowest BCUT2D eigenvalue weighted by Crippen LogP contribution is -2.41. The van der Waals surface area contributed by atoms with Crippen LogP contribution in [0.15, 0.2) is 18.2 Å². The molecule has 0 radical (unpaired) electrons. The fourth-order valence-corrected chi connectivity index (χ4v) is 6.44. The summed E-state index contributed by atoms with van der Waals surface area (Å²) in [6.45, 7) is 7.59. The highest BCUT2D eigenvalue weighted by molar-refractivity contribution is 7.92. The van der Waals surface area contributed by atoms with Gasteiger partial charge in [-0.3, -0.25) is 0 Å². The van der Waals surface area contributed by atoms with Crippen LogP contribution in [0.1, 0.15) is 48.9 Å². The van der Waals surface area contributed by atoms with Crippen molar-refractivity contribution < 1.29 is 8.42 Å². The molecule has 1 aromatic rings. The van der Waals surface area contributed by atoms with Gasteiger partial charge in [-0.2, -0.15) is 0 Å². The van der Waals surface area contributed by atoms with Gasteiger partial charge in [-0.05, 0) is 64.3 Å². The number of aryl methyl sites for hydroxylation is 2. The SMILES string of the molecule is Cc1ccc(C)c(C(C)NS(=O)(=O)C2(Cl)CC23CCNCC3)c1.Cl. The maximum absolute atomic E-state index is 12.9. The number of sulfonamides is 1. The maximum atomic E-state index is 12.9. The molecule has 7 heteroatoms. The Morgan fingerprint density at radius 2 is 1.88 bits per heavy atom. The summed E-state index contributed by atoms with van der Waals surface area (Å²) in [5, 5.41) is 3.28. The summed E-state index contributed by atoms with van der Waals surface area (Å²) in [6.07, 6.45) is 2.21. The molecule has 1 saturated carbocycles. The van der Waals surface area contributed by atoms with E-state index in [1.54, 1.807) is 0 Å². The zero-order valence-corrected chi connectivity index (χ0v) is 16.7. The number of piperidine rings is 1. The predicted molar refractivity (Wildman–Crippen MR) is 101 cm³/mol. The first-order chi connectivity index (χ1) is 10.7. The Bertz CT molecular complexity index is 717. The number of nitrogens with one attached hydrogen (secondary N) is 2. The van der Waals surface area contributed by atoms with Crippen molar-refractivity contribution in [3.63, 3.8) is 0 Å². The molecule has 136 valence electrons. The smallest absolute Gasteiger partial charge is 0.232 e. The highest BCUT2D eigenvalue weighted by Gasteiger charge is 2.73. The predicted octanol–water partition coefficient (Wildman–Crippen LogP) is 3.41. The van der Waals surface area contributed by atoms with Crippen LogP contribution in [0.25, 0.3) is 0 Å². The summed E-state index contributed by atoms with van der Waals surface area (Å²) in [5.41, 5.74) is 2.96. The summed E-state index contributed by atoms with van der Waals surface area (Å²) in [7, 11) is -3.58. The molecule has 1 heterocycles. The monoisotopic (exact) mass is 392 g/mol. The lowest BCUT2D eigenvalue weighted by Gasteiger charge is -2.27. The molecule has 2 aliphatic rings. The third kappa shape index (κ3) is 3.21. The number of alkyl halides is 1. The van der Waals surface area contributed by atoms with Gasteiger partial charge in [0.1, 0.15) is 0 Å². The molecule has 1 aromatic carbocycles. The van der Waals surface area contributed by atoms with Crippen molar-refractivity contribution in [2.24, 2.45) is 5.41 Å². The summed E-state index contributed by atoms with van der Waals surface area (Å²) >= 11 is 6.60. The van der Waals surface area contributed by atoms with Crippen molar-refractivity contribution in [2.75, 3.05) is 13.1 Å². The first-order valence-corrected chi connectivity index (χ1v) is 10.1. The van der Waals surface area contributed by atoms with Crippen molar-refractivity contribution in [3.8, 4) is 0 Å². The zero-order valence-electron chi connectivity index (χ0n) is 14.4. The minimum Gasteiger partial charge on any atom is -0.317 e. The Balaban J connectivity index is 0.00000208. The third-order valence-corrected chi connectivity index (χ3v) is 8.69. The highest BCUT2D eigenvalue weighted by Crippen LogP contribution is 2.68. The average Bonchev–Trinajstić information content (AvgIpc) is 3.07. The Kier molecular flexibility index (Phi) is 5.63. The van der Waals surface area contributed by atoms with E-state index in [9.17, 15) is 8.42 Å². The Morgan fingerprint density at radius 1 is 1.25 bits per heavy atom. The zero-order chi connectivity index (χ0) is 16.9. The number of rotatable bonds is 4. The van der Waals surface area contributed by atoms with Gasteiger partial charge >= 0.3 is 0 Å². The molecule has 2 fully saturated rings. The molecule has 0 amide bonds. The molecule has 0 aromatic heterocycles. The number of halogens is 2. The average molecular weight is 393 g/mol. The van der Waals surface area contributed by atoms with Crippen LogP contribution in [0.3, 0.4) is 0 Å². The van der Waals surface area contributed by atoms with E-state index in [0.29, 0.717) is 6.42 Å². The van der Waals surface area contributed by atoms with E-state index in [-0.39, 0.29) is 23.9 Å². The minimum absolute atomic E-state index is 0. The van der Waals surface area contributed by atoms with Crippen molar-refractivity contribution in [2.45, 2.75) is 50.3 Å². The van der Waals surface area contributed by atoms with E-state index in [0.717, 1.165) is 42.6 Å². The Morgan fingerprint density at radius 3 is 2.50 bits per heavy atom. The van der Waals surface area contributed by atoms with Crippen LogP contribution in [0.5, 0.6) is 0 Å². The molecule has 2 atom stereocenters. The van der Waals surface area contributed by atoms with Gasteiger partial charge in [0.15, 0.2) is 4.21 Å². The summed E-state index contributed by atoms with van der Waals surface area (Å²) in [6, 6.07) is 5.82. The summed E-state index contributed by atoms with van der Waals surface area (Å²) in [5.74, 6) is 0. The van der Waals surface area contributed by atoms with Gasteiger partial charge in [0.2, 0.25) is 10.0 Å². The molecule has 1 spiro atoms. The van der Waals surface area contributed by atoms with Crippen LogP contribution in [-0.2, 0) is 10.0 Å². The first kappa shape index (κ1) is 20.0. The van der Waals surface area contributed by atoms with Crippen LogP contribution in [0, 0.1) is 19.3 Å². The van der Waals surface area contributed by atoms with E-state index in [1.807, 2.05) is 39.0 Å². The van der Waals surface area contributed by atoms with Gasteiger partial charge < -0.3 is 5.32 Å². The summed E-state index contributed by atoms with van der Waals surface area (Å²) in [4.78, 5) is 0. The highest BCUT2D eigenvalue weighted by atomic mass is 35.5. The Hall–Kier alpha value is -0.330. The molecular formula is C17H26Cl2N2O2S. The van der Waals surface area contributed by atoms with E-state index < -0.39 is 14.2 Å². The minimum atomic E-state index is -3.58. The molecule has 2 unspecified atom stereocenters. The van der Waals surface area contributed by atoms with Crippen LogP contribution in [-0.4, -0.2) is 25.7 Å². The lowest BCUT2D eigenvalue weighted by molar-refractivity contribution is 0.346. The maximum Gasteiger partial charge on any atom is 0.232 e. The van der Waals surface area contributed by atoms with Gasteiger partial charge in [-0.25, -0.2) is 13.1 Å². The van der Waals surface area contributed by atoms with Crippen molar-refractivity contribution >= 4 is 34.0 Å². The second-order valence-electron chi connectivity index (χ2n) is 7.14. The molecule has 4 nitrogen and oxygen atoms in total. The fourth-order valence-electron chi connectivity index (χ4n) is 3.84. The number of hydrogen-bond donors (Lipinski definition) is 2. The van der Waals surface area contributed by atoms with Crippen LogP contribution >= 0.6 is 24.0 Å². The van der Waals surface area contributed by atoms with Crippen molar-refractivity contribution in [3.05, 3.63) is 34.9 Å².